The van der Waals surface area contributed by atoms with Gasteiger partial charge in [0.15, 0.2) is 0 Å². The van der Waals surface area contributed by atoms with Crippen LogP contribution >= 0.6 is 0 Å². The summed E-state index contributed by atoms with van der Waals surface area (Å²) in [5.74, 6) is -0.494. The molecule has 5 nitrogen and oxygen atoms in total. The molecule has 0 aliphatic carbocycles. The average Bonchev–Trinajstić information content (AvgIpc) is 2.39. The topological polar surface area (TPSA) is 67.4 Å². The number of nitrogens with one attached hydrogen (secondary N) is 2. The van der Waals surface area contributed by atoms with Crippen LogP contribution in [-0.2, 0) is 9.53 Å². The molecule has 98 valence electrons. The lowest BCUT2D eigenvalue weighted by molar-refractivity contribution is -0.115. The van der Waals surface area contributed by atoms with Crippen molar-refractivity contribution in [3.05, 3.63) is 29.8 Å². The van der Waals surface area contributed by atoms with Gasteiger partial charge in [0.05, 0.1) is 19.2 Å². The average molecular weight is 250 g/mol. The minimum atomic E-state index is -0.391. The third kappa shape index (κ3) is 4.55. The fourth-order valence-corrected chi connectivity index (χ4v) is 1.39. The van der Waals surface area contributed by atoms with Gasteiger partial charge in [-0.25, -0.2) is 4.79 Å². The highest BCUT2D eigenvalue weighted by molar-refractivity contribution is 5.93. The Morgan fingerprint density at radius 3 is 2.44 bits per heavy atom. The summed E-state index contributed by atoms with van der Waals surface area (Å²) in [4.78, 5) is 22.7. The normalized spacial score (nSPS) is 9.89. The maximum atomic E-state index is 11.5. The predicted octanol–water partition coefficient (Wildman–Crippen LogP) is 1.41. The predicted molar refractivity (Wildman–Crippen MR) is 69.6 cm³/mol. The molecule has 0 unspecified atom stereocenters. The van der Waals surface area contributed by atoms with Gasteiger partial charge in [0.1, 0.15) is 0 Å². The van der Waals surface area contributed by atoms with Gasteiger partial charge in [-0.05, 0) is 37.2 Å². The monoisotopic (exact) mass is 250 g/mol. The molecular weight excluding hydrogens is 232 g/mol. The molecule has 0 bridgehead atoms. The van der Waals surface area contributed by atoms with Crippen LogP contribution < -0.4 is 10.6 Å². The highest BCUT2D eigenvalue weighted by Gasteiger charge is 2.05. The Kier molecular flexibility index (Phi) is 5.87. The van der Waals surface area contributed by atoms with Crippen LogP contribution in [0.4, 0.5) is 5.69 Å². The number of esters is 1. The van der Waals surface area contributed by atoms with Crippen molar-refractivity contribution in [2.45, 2.75) is 13.3 Å². The SMILES string of the molecule is CCCNCC(=O)Nc1ccc(C(=O)OC)cc1. The Balaban J connectivity index is 2.48. The van der Waals surface area contributed by atoms with E-state index in [2.05, 4.69) is 15.4 Å². The number of hydrogen-bond donors (Lipinski definition) is 2. The summed E-state index contributed by atoms with van der Waals surface area (Å²) in [7, 11) is 1.33. The lowest BCUT2D eigenvalue weighted by Crippen LogP contribution is -2.28. The van der Waals surface area contributed by atoms with E-state index in [0.717, 1.165) is 13.0 Å². The number of anilines is 1. The molecule has 1 aromatic rings. The molecule has 1 amide bonds. The Bertz CT molecular complexity index is 401. The fourth-order valence-electron chi connectivity index (χ4n) is 1.39. The summed E-state index contributed by atoms with van der Waals surface area (Å²) < 4.78 is 4.59. The van der Waals surface area contributed by atoms with Crippen molar-refractivity contribution < 1.29 is 14.3 Å². The van der Waals surface area contributed by atoms with Crippen molar-refractivity contribution >= 4 is 17.6 Å². The fraction of sp³-hybridized carbons (Fsp3) is 0.385. The van der Waals surface area contributed by atoms with E-state index < -0.39 is 5.97 Å². The molecular formula is C13H18N2O3. The zero-order valence-corrected chi connectivity index (χ0v) is 10.7. The van der Waals surface area contributed by atoms with E-state index in [1.54, 1.807) is 24.3 Å². The van der Waals surface area contributed by atoms with Gasteiger partial charge in [-0.15, -0.1) is 0 Å². The van der Waals surface area contributed by atoms with Crippen molar-refractivity contribution in [3.63, 3.8) is 0 Å². The summed E-state index contributed by atoms with van der Waals surface area (Å²) in [6.07, 6.45) is 0.987. The van der Waals surface area contributed by atoms with E-state index in [9.17, 15) is 9.59 Å². The number of ether oxygens (including phenoxy) is 1. The minimum Gasteiger partial charge on any atom is -0.465 e. The number of rotatable bonds is 6. The molecule has 0 aliphatic rings. The molecule has 1 aromatic carbocycles. The van der Waals surface area contributed by atoms with Crippen LogP contribution in [0.3, 0.4) is 0 Å². The number of carbonyl (C=O) groups excluding carboxylic acids is 2. The van der Waals surface area contributed by atoms with Crippen LogP contribution in [-0.4, -0.2) is 32.1 Å². The maximum Gasteiger partial charge on any atom is 0.337 e. The van der Waals surface area contributed by atoms with Gasteiger partial charge in [-0.3, -0.25) is 4.79 Å². The van der Waals surface area contributed by atoms with Crippen LogP contribution in [0.2, 0.25) is 0 Å². The van der Waals surface area contributed by atoms with Crippen molar-refractivity contribution in [1.29, 1.82) is 0 Å². The quantitative estimate of drug-likeness (QED) is 0.591. The Labute approximate surface area is 107 Å². The van der Waals surface area contributed by atoms with E-state index in [-0.39, 0.29) is 12.5 Å². The molecule has 0 saturated carbocycles. The van der Waals surface area contributed by atoms with Gasteiger partial charge >= 0.3 is 5.97 Å². The number of hydrogen-bond acceptors (Lipinski definition) is 4. The van der Waals surface area contributed by atoms with Crippen LogP contribution in [0.25, 0.3) is 0 Å². The van der Waals surface area contributed by atoms with E-state index in [0.29, 0.717) is 11.3 Å². The molecule has 0 atom stereocenters. The molecule has 2 N–H and O–H groups in total. The van der Waals surface area contributed by atoms with Crippen molar-refractivity contribution in [3.8, 4) is 0 Å². The lowest BCUT2D eigenvalue weighted by atomic mass is 10.2. The number of amides is 1. The smallest absolute Gasteiger partial charge is 0.337 e. The highest BCUT2D eigenvalue weighted by Crippen LogP contribution is 2.10. The minimum absolute atomic E-state index is 0.103. The largest absolute Gasteiger partial charge is 0.465 e. The van der Waals surface area contributed by atoms with Gasteiger partial charge in [0.25, 0.3) is 0 Å². The van der Waals surface area contributed by atoms with Gasteiger partial charge < -0.3 is 15.4 Å². The first kappa shape index (κ1) is 14.2. The van der Waals surface area contributed by atoms with Gasteiger partial charge in [-0.2, -0.15) is 0 Å². The summed E-state index contributed by atoms with van der Waals surface area (Å²) in [5.41, 5.74) is 1.12. The molecule has 18 heavy (non-hydrogen) atoms. The number of benzene rings is 1. The van der Waals surface area contributed by atoms with Crippen LogP contribution in [0.1, 0.15) is 23.7 Å². The molecule has 5 heteroatoms. The summed E-state index contributed by atoms with van der Waals surface area (Å²) in [5, 5.41) is 5.74. The van der Waals surface area contributed by atoms with Crippen molar-refractivity contribution in [1.82, 2.24) is 5.32 Å². The van der Waals surface area contributed by atoms with E-state index in [1.807, 2.05) is 6.92 Å². The maximum absolute atomic E-state index is 11.5. The standard InChI is InChI=1S/C13H18N2O3/c1-3-8-14-9-12(16)15-11-6-4-10(5-7-11)13(17)18-2/h4-7,14H,3,8-9H2,1-2H3,(H,15,16). The summed E-state index contributed by atoms with van der Waals surface area (Å²) >= 11 is 0. The second-order valence-corrected chi connectivity index (χ2v) is 3.79. The van der Waals surface area contributed by atoms with E-state index in [4.69, 9.17) is 0 Å². The third-order valence-corrected chi connectivity index (χ3v) is 2.30. The Hall–Kier alpha value is -1.88. The van der Waals surface area contributed by atoms with Crippen LogP contribution in [0.5, 0.6) is 0 Å². The molecule has 0 fully saturated rings. The molecule has 0 aromatic heterocycles. The second-order valence-electron chi connectivity index (χ2n) is 3.79. The molecule has 0 saturated heterocycles. The molecule has 0 aliphatic heterocycles. The molecule has 0 spiro atoms. The third-order valence-electron chi connectivity index (χ3n) is 2.30. The van der Waals surface area contributed by atoms with Gasteiger partial charge in [0.2, 0.25) is 5.91 Å². The zero-order chi connectivity index (χ0) is 13.4. The Morgan fingerprint density at radius 2 is 1.89 bits per heavy atom. The summed E-state index contributed by atoms with van der Waals surface area (Å²) in [6.45, 7) is 3.14. The van der Waals surface area contributed by atoms with Crippen LogP contribution in [0.15, 0.2) is 24.3 Å². The van der Waals surface area contributed by atoms with E-state index in [1.165, 1.54) is 7.11 Å². The summed E-state index contributed by atoms with van der Waals surface area (Å²) in [6, 6.07) is 6.57. The molecule has 1 rings (SSSR count). The van der Waals surface area contributed by atoms with Crippen molar-refractivity contribution in [2.75, 3.05) is 25.5 Å². The lowest BCUT2D eigenvalue weighted by Gasteiger charge is -2.06. The number of carbonyl (C=O) groups is 2. The molecule has 0 radical (unpaired) electrons. The van der Waals surface area contributed by atoms with Crippen molar-refractivity contribution in [2.24, 2.45) is 0 Å². The highest BCUT2D eigenvalue weighted by atomic mass is 16.5. The number of methoxy groups -OCH3 is 1. The van der Waals surface area contributed by atoms with Gasteiger partial charge in [-0.1, -0.05) is 6.92 Å². The zero-order valence-electron chi connectivity index (χ0n) is 10.7. The first-order chi connectivity index (χ1) is 8.67. The second kappa shape index (κ2) is 7.45. The van der Waals surface area contributed by atoms with Crippen LogP contribution in [0, 0.1) is 0 Å². The van der Waals surface area contributed by atoms with E-state index >= 15 is 0 Å². The van der Waals surface area contributed by atoms with Gasteiger partial charge in [0, 0.05) is 5.69 Å². The Morgan fingerprint density at radius 1 is 1.22 bits per heavy atom. The first-order valence-corrected chi connectivity index (χ1v) is 5.86. The first-order valence-electron chi connectivity index (χ1n) is 5.86. The molecule has 0 heterocycles.